The standard InChI is InChI=1S/C19H42N.C7H5NO3S.H3N/c1-5-6-7-8-9-10-11-12-13-14-15-16-17-18-19-20(2,3)4;9-7-5-3-1-2-4-6(5)12(10,11)8-7;/h5-19H2,1-4H3;1-4H,(H,8,9);1H3/q+1;;. The zero-order valence-corrected chi connectivity index (χ0v) is 22.5. The van der Waals surface area contributed by atoms with Crippen LogP contribution in [-0.4, -0.2) is 46.5 Å². The lowest BCUT2D eigenvalue weighted by atomic mass is 10.0. The first kappa shape index (κ1) is 31.6. The van der Waals surface area contributed by atoms with Crippen molar-refractivity contribution in [3.63, 3.8) is 0 Å². The van der Waals surface area contributed by atoms with Gasteiger partial charge in [-0.05, 0) is 25.0 Å². The zero-order valence-electron chi connectivity index (χ0n) is 21.7. The quantitative estimate of drug-likeness (QED) is 0.221. The molecule has 1 aromatic rings. The Bertz CT molecular complexity index is 758. The summed E-state index contributed by atoms with van der Waals surface area (Å²) >= 11 is 0. The average Bonchev–Trinajstić information content (AvgIpc) is 2.97. The van der Waals surface area contributed by atoms with E-state index in [9.17, 15) is 13.2 Å². The van der Waals surface area contributed by atoms with E-state index < -0.39 is 15.9 Å². The highest BCUT2D eigenvalue weighted by molar-refractivity contribution is 7.90. The number of hydrogen-bond acceptors (Lipinski definition) is 4. The Morgan fingerprint density at radius 3 is 1.58 bits per heavy atom. The van der Waals surface area contributed by atoms with E-state index in [4.69, 9.17) is 0 Å². The highest BCUT2D eigenvalue weighted by atomic mass is 32.2. The first-order valence-electron chi connectivity index (χ1n) is 12.6. The van der Waals surface area contributed by atoms with Gasteiger partial charge in [0.2, 0.25) is 0 Å². The molecule has 1 aliphatic rings. The number of carbonyl (C=O) groups excluding carboxylic acids is 1. The molecule has 1 heterocycles. The number of unbranched alkanes of at least 4 members (excludes halogenated alkanes) is 13. The number of hydrogen-bond donors (Lipinski definition) is 2. The molecule has 0 aromatic heterocycles. The minimum Gasteiger partial charge on any atom is -0.344 e. The van der Waals surface area contributed by atoms with Gasteiger partial charge >= 0.3 is 0 Å². The van der Waals surface area contributed by atoms with Crippen LogP contribution in [0, 0.1) is 0 Å². The molecule has 0 aliphatic carbocycles. The van der Waals surface area contributed by atoms with Crippen LogP contribution in [-0.2, 0) is 10.0 Å². The summed E-state index contributed by atoms with van der Waals surface area (Å²) < 4.78 is 25.3. The van der Waals surface area contributed by atoms with Gasteiger partial charge < -0.3 is 10.6 Å². The fourth-order valence-electron chi connectivity index (χ4n) is 3.90. The molecule has 33 heavy (non-hydrogen) atoms. The second-order valence-corrected chi connectivity index (χ2v) is 11.7. The molecule has 0 unspecified atom stereocenters. The Hall–Kier alpha value is -1.44. The lowest BCUT2D eigenvalue weighted by Gasteiger charge is -2.23. The Morgan fingerprint density at radius 1 is 0.727 bits per heavy atom. The molecule has 2 rings (SSSR count). The molecule has 6 nitrogen and oxygen atoms in total. The summed E-state index contributed by atoms with van der Waals surface area (Å²) in [4.78, 5) is 11.1. The highest BCUT2D eigenvalue weighted by Gasteiger charge is 2.31. The normalized spacial score (nSPS) is 14.0. The van der Waals surface area contributed by atoms with Gasteiger partial charge in [-0.2, -0.15) is 0 Å². The van der Waals surface area contributed by atoms with Crippen LogP contribution in [0.15, 0.2) is 29.2 Å². The third kappa shape index (κ3) is 14.4. The van der Waals surface area contributed by atoms with Crippen LogP contribution >= 0.6 is 0 Å². The Balaban J connectivity index is 0.000000666. The molecule has 1 aliphatic heterocycles. The van der Waals surface area contributed by atoms with Crippen molar-refractivity contribution in [3.8, 4) is 0 Å². The Labute approximate surface area is 203 Å². The molecular formula is C26H50N3O3S+. The highest BCUT2D eigenvalue weighted by Crippen LogP contribution is 2.20. The van der Waals surface area contributed by atoms with Gasteiger partial charge in [-0.25, -0.2) is 13.1 Å². The summed E-state index contributed by atoms with van der Waals surface area (Å²) in [5.74, 6) is -0.550. The zero-order chi connectivity index (χ0) is 23.9. The molecule has 192 valence electrons. The van der Waals surface area contributed by atoms with Gasteiger partial charge in [0.25, 0.3) is 15.9 Å². The summed E-state index contributed by atoms with van der Waals surface area (Å²) in [5.41, 5.74) is 0.220. The molecule has 0 radical (unpaired) electrons. The van der Waals surface area contributed by atoms with Crippen LogP contribution in [0.4, 0.5) is 0 Å². The number of fused-ring (bicyclic) bond motifs is 1. The summed E-state index contributed by atoms with van der Waals surface area (Å²) in [7, 11) is 3.33. The van der Waals surface area contributed by atoms with E-state index in [1.807, 2.05) is 4.72 Å². The number of quaternary nitrogens is 1. The van der Waals surface area contributed by atoms with Crippen LogP contribution in [0.25, 0.3) is 0 Å². The second-order valence-electron chi connectivity index (χ2n) is 10.0. The Kier molecular flexibility index (Phi) is 16.3. The third-order valence-corrected chi connectivity index (χ3v) is 7.22. The lowest BCUT2D eigenvalue weighted by molar-refractivity contribution is -0.870. The van der Waals surface area contributed by atoms with E-state index in [0.29, 0.717) is 0 Å². The summed E-state index contributed by atoms with van der Waals surface area (Å²) in [6.07, 6.45) is 20.4. The molecule has 0 spiro atoms. The van der Waals surface area contributed by atoms with Gasteiger partial charge in [-0.1, -0.05) is 96.1 Å². The van der Waals surface area contributed by atoms with E-state index in [1.54, 1.807) is 12.1 Å². The number of nitrogens with one attached hydrogen (secondary N) is 1. The fourth-order valence-corrected chi connectivity index (χ4v) is 5.07. The average molecular weight is 485 g/mol. The van der Waals surface area contributed by atoms with Gasteiger partial charge in [0, 0.05) is 0 Å². The maximum Gasteiger partial charge on any atom is 0.266 e. The van der Waals surface area contributed by atoms with Crippen molar-refractivity contribution in [2.45, 2.75) is 102 Å². The van der Waals surface area contributed by atoms with Crippen molar-refractivity contribution in [1.29, 1.82) is 0 Å². The van der Waals surface area contributed by atoms with E-state index in [2.05, 4.69) is 28.1 Å². The van der Waals surface area contributed by atoms with Crippen molar-refractivity contribution < 1.29 is 17.7 Å². The molecule has 0 saturated carbocycles. The van der Waals surface area contributed by atoms with Gasteiger partial charge in [0.15, 0.2) is 0 Å². The van der Waals surface area contributed by atoms with Crippen LogP contribution in [0.5, 0.6) is 0 Å². The van der Waals surface area contributed by atoms with E-state index in [-0.39, 0.29) is 16.6 Å². The fraction of sp³-hybridized carbons (Fsp3) is 0.731. The largest absolute Gasteiger partial charge is 0.344 e. The predicted molar refractivity (Wildman–Crippen MR) is 139 cm³/mol. The molecule has 0 bridgehead atoms. The molecule has 1 amide bonds. The number of benzene rings is 1. The maximum atomic E-state index is 11.1. The van der Waals surface area contributed by atoms with E-state index in [0.717, 1.165) is 4.48 Å². The summed E-state index contributed by atoms with van der Waals surface area (Å²) in [5, 5.41) is 0. The molecular weight excluding hydrogens is 434 g/mol. The third-order valence-electron chi connectivity index (χ3n) is 5.83. The number of carbonyl (C=O) groups is 1. The SMILES string of the molecule is CCCCCCCCCCCCCCCC[N+](C)(C)C.N.O=C1NS(=O)(=O)c2ccccc21. The monoisotopic (exact) mass is 484 g/mol. The van der Waals surface area contributed by atoms with Crippen molar-refractivity contribution in [2.75, 3.05) is 27.7 Å². The molecule has 4 N–H and O–H groups in total. The van der Waals surface area contributed by atoms with Gasteiger partial charge in [0.05, 0.1) is 33.3 Å². The first-order chi connectivity index (χ1) is 15.2. The molecule has 1 aromatic carbocycles. The molecule has 0 saturated heterocycles. The molecule has 0 atom stereocenters. The number of nitrogens with zero attached hydrogens (tertiary/aromatic N) is 1. The smallest absolute Gasteiger partial charge is 0.266 e. The lowest BCUT2D eigenvalue weighted by Crippen LogP contribution is -2.35. The van der Waals surface area contributed by atoms with Crippen LogP contribution in [0.1, 0.15) is 107 Å². The van der Waals surface area contributed by atoms with Crippen LogP contribution < -0.4 is 10.9 Å². The first-order valence-corrected chi connectivity index (χ1v) is 14.1. The molecule has 7 heteroatoms. The van der Waals surface area contributed by atoms with E-state index >= 15 is 0 Å². The maximum absolute atomic E-state index is 11.1. The van der Waals surface area contributed by atoms with Crippen LogP contribution in [0.2, 0.25) is 0 Å². The minimum atomic E-state index is -3.55. The topological polar surface area (TPSA) is 98.2 Å². The van der Waals surface area contributed by atoms with Crippen molar-refractivity contribution in [3.05, 3.63) is 29.8 Å². The van der Waals surface area contributed by atoms with Gasteiger partial charge in [0.1, 0.15) is 4.90 Å². The predicted octanol–water partition coefficient (Wildman–Crippen LogP) is 6.45. The summed E-state index contributed by atoms with van der Waals surface area (Å²) in [6, 6.07) is 6.09. The second kappa shape index (κ2) is 17.1. The van der Waals surface area contributed by atoms with Crippen LogP contribution in [0.3, 0.4) is 0 Å². The number of sulfonamides is 1. The molecule has 0 fully saturated rings. The Morgan fingerprint density at radius 2 is 1.15 bits per heavy atom. The number of rotatable bonds is 15. The van der Waals surface area contributed by atoms with Gasteiger partial charge in [-0.3, -0.25) is 4.79 Å². The number of amides is 1. The van der Waals surface area contributed by atoms with E-state index in [1.165, 1.54) is 109 Å². The summed E-state index contributed by atoms with van der Waals surface area (Å²) in [6.45, 7) is 3.63. The van der Waals surface area contributed by atoms with Crippen molar-refractivity contribution in [2.24, 2.45) is 0 Å². The van der Waals surface area contributed by atoms with Crippen molar-refractivity contribution in [1.82, 2.24) is 10.9 Å². The minimum absolute atomic E-state index is 0. The van der Waals surface area contributed by atoms with Gasteiger partial charge in [-0.15, -0.1) is 0 Å². The van der Waals surface area contributed by atoms with Crippen molar-refractivity contribution >= 4 is 15.9 Å².